The lowest BCUT2D eigenvalue weighted by molar-refractivity contribution is 0.727. The van der Waals surface area contributed by atoms with E-state index >= 15 is 0 Å². The van der Waals surface area contributed by atoms with Crippen molar-refractivity contribution >= 4 is 11.6 Å². The van der Waals surface area contributed by atoms with Crippen LogP contribution in [-0.4, -0.2) is 16.1 Å². The van der Waals surface area contributed by atoms with E-state index in [1.54, 1.807) is 0 Å². The Labute approximate surface area is 113 Å². The van der Waals surface area contributed by atoms with Crippen molar-refractivity contribution in [1.29, 1.82) is 0 Å². The molecule has 0 saturated heterocycles. The van der Waals surface area contributed by atoms with Gasteiger partial charge in [0, 0.05) is 22.9 Å². The van der Waals surface area contributed by atoms with Gasteiger partial charge in [-0.3, -0.25) is 0 Å². The van der Waals surface area contributed by atoms with Gasteiger partial charge < -0.3 is 9.88 Å². The van der Waals surface area contributed by atoms with Gasteiger partial charge in [-0.15, -0.1) is 0 Å². The highest BCUT2D eigenvalue weighted by molar-refractivity contribution is 6.31. The van der Waals surface area contributed by atoms with E-state index in [1.807, 2.05) is 19.3 Å². The lowest BCUT2D eigenvalue weighted by Crippen LogP contribution is -2.12. The molecule has 0 fully saturated rings. The fourth-order valence-electron chi connectivity index (χ4n) is 1.85. The van der Waals surface area contributed by atoms with Gasteiger partial charge in [-0.25, -0.2) is 4.98 Å². The van der Waals surface area contributed by atoms with Gasteiger partial charge in [0.05, 0.1) is 12.0 Å². The fraction of sp³-hybridized carbons (Fsp3) is 0.357. The molecule has 0 saturated carbocycles. The number of benzene rings is 1. The molecular weight excluding hydrogens is 246 g/mol. The Balaban J connectivity index is 2.31. The minimum absolute atomic E-state index is 0.791. The fourth-order valence-corrected chi connectivity index (χ4v) is 2.09. The molecule has 0 spiro atoms. The number of nitrogens with one attached hydrogen (secondary N) is 1. The van der Waals surface area contributed by atoms with E-state index in [1.165, 1.54) is 0 Å². The van der Waals surface area contributed by atoms with Gasteiger partial charge in [0.1, 0.15) is 0 Å². The number of aromatic nitrogens is 2. The lowest BCUT2D eigenvalue weighted by atomic mass is 10.2. The maximum Gasteiger partial charge on any atom is 0.0997 e. The van der Waals surface area contributed by atoms with Crippen LogP contribution in [0.1, 0.15) is 23.9 Å². The first-order chi connectivity index (χ1) is 8.63. The highest BCUT2D eigenvalue weighted by Crippen LogP contribution is 2.22. The molecule has 2 aromatic rings. The number of hydrogen-bond acceptors (Lipinski definition) is 2. The SMILES string of the molecule is CCNCc1ccc(-n2cnc(C)c2C)cc1Cl. The molecule has 0 radical (unpaired) electrons. The highest BCUT2D eigenvalue weighted by atomic mass is 35.5. The Kier molecular flexibility index (Phi) is 4.04. The Morgan fingerprint density at radius 3 is 2.67 bits per heavy atom. The maximum absolute atomic E-state index is 6.30. The molecule has 0 bridgehead atoms. The second kappa shape index (κ2) is 5.55. The molecule has 1 heterocycles. The van der Waals surface area contributed by atoms with Crippen LogP contribution in [0.5, 0.6) is 0 Å². The molecule has 2 rings (SSSR count). The molecule has 0 aliphatic rings. The molecule has 0 aliphatic heterocycles. The zero-order valence-electron chi connectivity index (χ0n) is 11.0. The van der Waals surface area contributed by atoms with Crippen molar-refractivity contribution in [3.63, 3.8) is 0 Å². The molecule has 1 N–H and O–H groups in total. The average Bonchev–Trinajstić information content (AvgIpc) is 2.69. The molecule has 0 unspecified atom stereocenters. The summed E-state index contributed by atoms with van der Waals surface area (Å²) in [6, 6.07) is 6.13. The van der Waals surface area contributed by atoms with Crippen molar-refractivity contribution in [2.45, 2.75) is 27.3 Å². The van der Waals surface area contributed by atoms with Gasteiger partial charge in [0.15, 0.2) is 0 Å². The predicted octanol–water partition coefficient (Wildman–Crippen LogP) is 3.25. The summed E-state index contributed by atoms with van der Waals surface area (Å²) >= 11 is 6.30. The molecular formula is C14H18ClN3. The van der Waals surface area contributed by atoms with E-state index in [4.69, 9.17) is 11.6 Å². The van der Waals surface area contributed by atoms with Gasteiger partial charge in [0.25, 0.3) is 0 Å². The topological polar surface area (TPSA) is 29.9 Å². The third-order valence-corrected chi connectivity index (χ3v) is 3.48. The van der Waals surface area contributed by atoms with Gasteiger partial charge in [-0.05, 0) is 38.1 Å². The van der Waals surface area contributed by atoms with Crippen molar-refractivity contribution in [1.82, 2.24) is 14.9 Å². The maximum atomic E-state index is 6.30. The zero-order valence-corrected chi connectivity index (χ0v) is 11.8. The first-order valence-corrected chi connectivity index (χ1v) is 6.51. The van der Waals surface area contributed by atoms with E-state index in [2.05, 4.69) is 40.8 Å². The first-order valence-electron chi connectivity index (χ1n) is 6.13. The summed E-state index contributed by atoms with van der Waals surface area (Å²) in [4.78, 5) is 4.30. The normalized spacial score (nSPS) is 10.9. The monoisotopic (exact) mass is 263 g/mol. The van der Waals surface area contributed by atoms with E-state index in [0.717, 1.165) is 40.8 Å². The second-order valence-corrected chi connectivity index (χ2v) is 4.75. The summed E-state index contributed by atoms with van der Waals surface area (Å²) in [7, 11) is 0. The minimum Gasteiger partial charge on any atom is -0.313 e. The Morgan fingerprint density at radius 2 is 2.11 bits per heavy atom. The molecule has 1 aromatic carbocycles. The zero-order chi connectivity index (χ0) is 13.1. The summed E-state index contributed by atoms with van der Waals surface area (Å²) < 4.78 is 2.05. The van der Waals surface area contributed by atoms with Crippen LogP contribution in [-0.2, 0) is 6.54 Å². The van der Waals surface area contributed by atoms with E-state index in [0.29, 0.717) is 0 Å². The predicted molar refractivity (Wildman–Crippen MR) is 75.4 cm³/mol. The first kappa shape index (κ1) is 13.1. The summed E-state index contributed by atoms with van der Waals surface area (Å²) in [6.07, 6.45) is 1.83. The van der Waals surface area contributed by atoms with Crippen molar-refractivity contribution in [3.8, 4) is 5.69 Å². The summed E-state index contributed by atoms with van der Waals surface area (Å²) in [6.45, 7) is 7.89. The smallest absolute Gasteiger partial charge is 0.0997 e. The number of aryl methyl sites for hydroxylation is 1. The highest BCUT2D eigenvalue weighted by Gasteiger charge is 2.07. The molecule has 3 nitrogen and oxygen atoms in total. The summed E-state index contributed by atoms with van der Waals surface area (Å²) in [5.41, 5.74) is 4.36. The van der Waals surface area contributed by atoms with Crippen LogP contribution in [0.4, 0.5) is 0 Å². The van der Waals surface area contributed by atoms with Crippen LogP contribution in [0.25, 0.3) is 5.69 Å². The van der Waals surface area contributed by atoms with Gasteiger partial charge in [-0.1, -0.05) is 24.6 Å². The van der Waals surface area contributed by atoms with E-state index < -0.39 is 0 Å². The summed E-state index contributed by atoms with van der Waals surface area (Å²) in [5.74, 6) is 0. The van der Waals surface area contributed by atoms with Crippen molar-refractivity contribution in [3.05, 3.63) is 46.5 Å². The van der Waals surface area contributed by atoms with E-state index in [9.17, 15) is 0 Å². The number of rotatable bonds is 4. The molecule has 0 aliphatic carbocycles. The van der Waals surface area contributed by atoms with E-state index in [-0.39, 0.29) is 0 Å². The van der Waals surface area contributed by atoms with Crippen LogP contribution >= 0.6 is 11.6 Å². The van der Waals surface area contributed by atoms with Crippen LogP contribution < -0.4 is 5.32 Å². The molecule has 0 atom stereocenters. The van der Waals surface area contributed by atoms with Crippen molar-refractivity contribution in [2.75, 3.05) is 6.54 Å². The van der Waals surface area contributed by atoms with Crippen molar-refractivity contribution in [2.24, 2.45) is 0 Å². The molecule has 4 heteroatoms. The van der Waals surface area contributed by atoms with Crippen LogP contribution in [0, 0.1) is 13.8 Å². The van der Waals surface area contributed by atoms with Crippen LogP contribution in [0.3, 0.4) is 0 Å². The summed E-state index contributed by atoms with van der Waals surface area (Å²) in [5, 5.41) is 4.07. The Morgan fingerprint density at radius 1 is 1.33 bits per heavy atom. The Hall–Kier alpha value is -1.32. The van der Waals surface area contributed by atoms with Crippen LogP contribution in [0.15, 0.2) is 24.5 Å². The number of nitrogens with zero attached hydrogens (tertiary/aromatic N) is 2. The Bertz CT molecular complexity index is 546. The van der Waals surface area contributed by atoms with Crippen LogP contribution in [0.2, 0.25) is 5.02 Å². The largest absolute Gasteiger partial charge is 0.313 e. The molecule has 96 valence electrons. The number of hydrogen-bond donors (Lipinski definition) is 1. The molecule has 18 heavy (non-hydrogen) atoms. The second-order valence-electron chi connectivity index (χ2n) is 4.34. The number of imidazole rings is 1. The van der Waals surface area contributed by atoms with Crippen molar-refractivity contribution < 1.29 is 0 Å². The number of halogens is 1. The average molecular weight is 264 g/mol. The molecule has 0 amide bonds. The molecule has 1 aromatic heterocycles. The van der Waals surface area contributed by atoms with Gasteiger partial charge >= 0.3 is 0 Å². The quantitative estimate of drug-likeness (QED) is 0.918. The standard InChI is InChI=1S/C14H18ClN3/c1-4-16-8-12-5-6-13(7-14(12)15)18-9-17-10(2)11(18)3/h5-7,9,16H,4,8H2,1-3H3. The lowest BCUT2D eigenvalue weighted by Gasteiger charge is -2.09. The minimum atomic E-state index is 0.791. The third kappa shape index (κ3) is 2.57. The van der Waals surface area contributed by atoms with Gasteiger partial charge in [-0.2, -0.15) is 0 Å². The van der Waals surface area contributed by atoms with Gasteiger partial charge in [0.2, 0.25) is 0 Å². The third-order valence-electron chi connectivity index (χ3n) is 3.13.